The molecule has 3 aromatic rings. The largest absolute Gasteiger partial charge is 0.279 e. The minimum atomic E-state index is -3.83. The fraction of sp³-hybridized carbons (Fsp3) is 0.0667. The molecule has 3 rings (SSSR count). The van der Waals surface area contributed by atoms with E-state index in [1.165, 1.54) is 28.2 Å². The van der Waals surface area contributed by atoms with E-state index >= 15 is 0 Å². The molecule has 0 saturated heterocycles. The summed E-state index contributed by atoms with van der Waals surface area (Å²) in [6.45, 7) is 1.69. The number of rotatable bonds is 3. The summed E-state index contributed by atoms with van der Waals surface area (Å²) in [6.07, 6.45) is 0. The van der Waals surface area contributed by atoms with Gasteiger partial charge in [0.15, 0.2) is 0 Å². The van der Waals surface area contributed by atoms with Crippen LogP contribution in [0.2, 0.25) is 0 Å². The summed E-state index contributed by atoms with van der Waals surface area (Å²) in [6, 6.07) is 12.5. The number of aryl methyl sites for hydroxylation is 1. The van der Waals surface area contributed by atoms with Gasteiger partial charge in [0.25, 0.3) is 15.7 Å². The normalized spacial score (nSPS) is 11.7. The van der Waals surface area contributed by atoms with E-state index in [2.05, 4.69) is 0 Å². The lowest BCUT2D eigenvalue weighted by molar-refractivity contribution is -0.383. The van der Waals surface area contributed by atoms with Crippen LogP contribution in [0.4, 0.5) is 5.69 Å². The summed E-state index contributed by atoms with van der Waals surface area (Å²) in [7, 11) is -3.83. The highest BCUT2D eigenvalue weighted by molar-refractivity contribution is 14.1. The number of fused-ring (bicyclic) bond motifs is 1. The van der Waals surface area contributed by atoms with Gasteiger partial charge in [-0.15, -0.1) is 0 Å². The maximum atomic E-state index is 13.0. The second-order valence-electron chi connectivity index (χ2n) is 4.93. The van der Waals surface area contributed by atoms with Gasteiger partial charge in [-0.05, 0) is 53.3 Å². The van der Waals surface area contributed by atoms with Crippen LogP contribution < -0.4 is 0 Å². The molecule has 1 heterocycles. The Hall–Kier alpha value is -1.94. The molecular formula is C15H11IN2O4S. The first-order valence-corrected chi connectivity index (χ1v) is 9.12. The summed E-state index contributed by atoms with van der Waals surface area (Å²) < 4.78 is 27.5. The SMILES string of the molecule is Cc1c(I)n(S(=O)(=O)c2ccccc2)c2cccc([N+](=O)[O-])c12. The van der Waals surface area contributed by atoms with Crippen molar-refractivity contribution >= 4 is 49.2 Å². The molecule has 23 heavy (non-hydrogen) atoms. The van der Waals surface area contributed by atoms with Crippen LogP contribution in [0.1, 0.15) is 5.56 Å². The number of hydrogen-bond acceptors (Lipinski definition) is 4. The number of nitrogens with zero attached hydrogens (tertiary/aromatic N) is 2. The van der Waals surface area contributed by atoms with Crippen molar-refractivity contribution in [1.82, 2.24) is 3.97 Å². The summed E-state index contributed by atoms with van der Waals surface area (Å²) >= 11 is 1.91. The van der Waals surface area contributed by atoms with Gasteiger partial charge in [-0.2, -0.15) is 0 Å². The van der Waals surface area contributed by atoms with Crippen molar-refractivity contribution in [1.29, 1.82) is 0 Å². The highest BCUT2D eigenvalue weighted by atomic mass is 127. The van der Waals surface area contributed by atoms with Gasteiger partial charge in [-0.25, -0.2) is 12.4 Å². The molecular weight excluding hydrogens is 431 g/mol. The monoisotopic (exact) mass is 442 g/mol. The average Bonchev–Trinajstić information content (AvgIpc) is 2.80. The highest BCUT2D eigenvalue weighted by Gasteiger charge is 2.27. The zero-order valence-electron chi connectivity index (χ0n) is 11.9. The number of halogens is 1. The average molecular weight is 442 g/mol. The lowest BCUT2D eigenvalue weighted by Crippen LogP contribution is -2.14. The van der Waals surface area contributed by atoms with Crippen LogP contribution in [0.5, 0.6) is 0 Å². The molecule has 0 aliphatic heterocycles. The Balaban J connectivity index is 2.43. The van der Waals surface area contributed by atoms with Crippen molar-refractivity contribution in [3.63, 3.8) is 0 Å². The molecule has 0 saturated carbocycles. The Morgan fingerprint density at radius 3 is 2.35 bits per heavy atom. The van der Waals surface area contributed by atoms with Crippen LogP contribution in [0.15, 0.2) is 53.4 Å². The first-order valence-electron chi connectivity index (χ1n) is 6.60. The van der Waals surface area contributed by atoms with Gasteiger partial charge in [-0.3, -0.25) is 10.1 Å². The minimum Gasteiger partial charge on any atom is -0.258 e. The van der Waals surface area contributed by atoms with Crippen molar-refractivity contribution in [3.8, 4) is 0 Å². The number of aromatic nitrogens is 1. The van der Waals surface area contributed by atoms with Gasteiger partial charge in [0.2, 0.25) is 0 Å². The number of nitro groups is 1. The van der Waals surface area contributed by atoms with Gasteiger partial charge in [-0.1, -0.05) is 24.3 Å². The molecule has 8 heteroatoms. The smallest absolute Gasteiger partial charge is 0.258 e. The van der Waals surface area contributed by atoms with Crippen LogP contribution in [-0.4, -0.2) is 17.3 Å². The second kappa shape index (κ2) is 5.60. The number of hydrogen-bond donors (Lipinski definition) is 0. The Labute approximate surface area is 146 Å². The molecule has 0 radical (unpaired) electrons. The number of nitro benzene ring substituents is 1. The first kappa shape index (κ1) is 15.9. The van der Waals surface area contributed by atoms with E-state index in [1.807, 2.05) is 22.6 Å². The van der Waals surface area contributed by atoms with E-state index in [0.717, 1.165) is 0 Å². The van der Waals surface area contributed by atoms with Crippen molar-refractivity contribution in [2.75, 3.05) is 0 Å². The predicted octanol–water partition coefficient (Wildman–Crippen LogP) is 3.70. The predicted molar refractivity (Wildman–Crippen MR) is 95.1 cm³/mol. The maximum absolute atomic E-state index is 13.0. The van der Waals surface area contributed by atoms with Crippen LogP contribution >= 0.6 is 22.6 Å². The minimum absolute atomic E-state index is 0.0973. The second-order valence-corrected chi connectivity index (χ2v) is 7.74. The lowest BCUT2D eigenvalue weighted by atomic mass is 10.1. The van der Waals surface area contributed by atoms with E-state index < -0.39 is 14.9 Å². The zero-order valence-corrected chi connectivity index (χ0v) is 14.9. The van der Waals surface area contributed by atoms with Crippen molar-refractivity contribution < 1.29 is 13.3 Å². The Bertz CT molecular complexity index is 1030. The molecule has 0 unspecified atom stereocenters. The van der Waals surface area contributed by atoms with Crippen molar-refractivity contribution in [2.24, 2.45) is 0 Å². The van der Waals surface area contributed by atoms with Gasteiger partial charge in [0.05, 0.1) is 24.4 Å². The van der Waals surface area contributed by atoms with Crippen LogP contribution in [0.3, 0.4) is 0 Å². The van der Waals surface area contributed by atoms with E-state index in [0.29, 0.717) is 20.2 Å². The standard InChI is InChI=1S/C15H11IN2O4S/c1-10-14-12(8-5-9-13(14)18(19)20)17(15(10)16)23(21,22)11-6-3-2-4-7-11/h2-9H,1H3. The topological polar surface area (TPSA) is 82.2 Å². The summed E-state index contributed by atoms with van der Waals surface area (Å²) in [5.41, 5.74) is 0.789. The molecule has 0 N–H and O–H groups in total. The molecule has 0 spiro atoms. The molecule has 6 nitrogen and oxygen atoms in total. The van der Waals surface area contributed by atoms with Crippen LogP contribution in [-0.2, 0) is 10.0 Å². The highest BCUT2D eigenvalue weighted by Crippen LogP contribution is 2.35. The fourth-order valence-corrected chi connectivity index (χ4v) is 5.31. The van der Waals surface area contributed by atoms with E-state index in [1.54, 1.807) is 31.2 Å². The maximum Gasteiger partial charge on any atom is 0.279 e. The van der Waals surface area contributed by atoms with E-state index in [9.17, 15) is 18.5 Å². The summed E-state index contributed by atoms with van der Waals surface area (Å²) in [4.78, 5) is 10.9. The number of non-ortho nitro benzene ring substituents is 1. The van der Waals surface area contributed by atoms with Gasteiger partial charge < -0.3 is 0 Å². The third-order valence-electron chi connectivity index (χ3n) is 3.58. The van der Waals surface area contributed by atoms with Gasteiger partial charge in [0.1, 0.15) is 0 Å². The van der Waals surface area contributed by atoms with Crippen LogP contribution in [0, 0.1) is 20.7 Å². The zero-order chi connectivity index (χ0) is 16.8. The Morgan fingerprint density at radius 2 is 1.74 bits per heavy atom. The molecule has 2 aromatic carbocycles. The quantitative estimate of drug-likeness (QED) is 0.352. The third-order valence-corrected chi connectivity index (χ3v) is 6.93. The summed E-state index contributed by atoms with van der Waals surface area (Å²) in [5.74, 6) is 0. The third kappa shape index (κ3) is 2.41. The molecule has 0 bridgehead atoms. The van der Waals surface area contributed by atoms with Gasteiger partial charge >= 0.3 is 0 Å². The summed E-state index contributed by atoms with van der Waals surface area (Å²) in [5, 5.41) is 11.6. The van der Waals surface area contributed by atoms with Crippen LogP contribution in [0.25, 0.3) is 10.9 Å². The van der Waals surface area contributed by atoms with Gasteiger partial charge in [0, 0.05) is 6.07 Å². The molecule has 0 fully saturated rings. The fourth-order valence-electron chi connectivity index (χ4n) is 2.53. The Morgan fingerprint density at radius 1 is 1.09 bits per heavy atom. The Kier molecular flexibility index (Phi) is 3.88. The lowest BCUT2D eigenvalue weighted by Gasteiger charge is -2.09. The van der Waals surface area contributed by atoms with Crippen molar-refractivity contribution in [3.05, 3.63) is 67.9 Å². The first-order chi connectivity index (χ1) is 10.9. The van der Waals surface area contributed by atoms with E-state index in [4.69, 9.17) is 0 Å². The number of benzene rings is 2. The molecule has 0 aliphatic carbocycles. The van der Waals surface area contributed by atoms with E-state index in [-0.39, 0.29) is 10.6 Å². The van der Waals surface area contributed by atoms with Crippen molar-refractivity contribution in [2.45, 2.75) is 11.8 Å². The molecule has 0 amide bonds. The molecule has 0 atom stereocenters. The molecule has 118 valence electrons. The molecule has 0 aliphatic rings. The molecule has 1 aromatic heterocycles.